The first-order chi connectivity index (χ1) is 10.7. The summed E-state index contributed by atoms with van der Waals surface area (Å²) in [4.78, 5) is 14.1. The molecule has 22 heavy (non-hydrogen) atoms. The van der Waals surface area contributed by atoms with Gasteiger partial charge in [-0.2, -0.15) is 0 Å². The minimum atomic E-state index is -0.0348. The minimum Gasteiger partial charge on any atom is -0.382 e. The van der Waals surface area contributed by atoms with Crippen LogP contribution in [0.1, 0.15) is 17.9 Å². The molecule has 0 spiro atoms. The summed E-state index contributed by atoms with van der Waals surface area (Å²) in [7, 11) is 1.64. The minimum absolute atomic E-state index is 0.0149. The van der Waals surface area contributed by atoms with Gasteiger partial charge >= 0.3 is 6.03 Å². The van der Waals surface area contributed by atoms with Crippen molar-refractivity contribution < 1.29 is 14.3 Å². The van der Waals surface area contributed by atoms with Gasteiger partial charge in [0.2, 0.25) is 0 Å². The molecule has 1 saturated carbocycles. The van der Waals surface area contributed by atoms with Gasteiger partial charge in [0.1, 0.15) is 0 Å². The monoisotopic (exact) mass is 324 g/mol. The highest BCUT2D eigenvalue weighted by Crippen LogP contribution is 2.41. The van der Waals surface area contributed by atoms with Crippen molar-refractivity contribution in [2.24, 2.45) is 0 Å². The first-order valence-electron chi connectivity index (χ1n) is 7.59. The van der Waals surface area contributed by atoms with E-state index in [1.54, 1.807) is 12.0 Å². The predicted molar refractivity (Wildman–Crippen MR) is 84.3 cm³/mol. The van der Waals surface area contributed by atoms with E-state index in [0.717, 1.165) is 11.4 Å². The molecule has 120 valence electrons. The van der Waals surface area contributed by atoms with Crippen LogP contribution in [0.4, 0.5) is 4.79 Å². The van der Waals surface area contributed by atoms with Gasteiger partial charge in [0.05, 0.1) is 25.9 Å². The maximum Gasteiger partial charge on any atom is 0.317 e. The van der Waals surface area contributed by atoms with Gasteiger partial charge in [-0.15, -0.1) is 0 Å². The molecular formula is C16H21ClN2O3. The second-order valence-corrected chi connectivity index (χ2v) is 6.28. The number of morpholine rings is 1. The van der Waals surface area contributed by atoms with E-state index in [1.807, 2.05) is 18.2 Å². The smallest absolute Gasteiger partial charge is 0.317 e. The van der Waals surface area contributed by atoms with Gasteiger partial charge in [0.15, 0.2) is 0 Å². The molecule has 1 aromatic rings. The Hall–Kier alpha value is -1.30. The Balaban J connectivity index is 1.51. The number of hydrogen-bond acceptors (Lipinski definition) is 3. The maximum atomic E-state index is 12.3. The number of nitrogens with one attached hydrogen (secondary N) is 1. The van der Waals surface area contributed by atoms with Crippen LogP contribution in [0.5, 0.6) is 0 Å². The molecular weight excluding hydrogens is 304 g/mol. The van der Waals surface area contributed by atoms with E-state index in [1.165, 1.54) is 5.56 Å². The molecule has 2 amide bonds. The molecule has 1 aliphatic heterocycles. The van der Waals surface area contributed by atoms with Crippen LogP contribution >= 0.6 is 11.6 Å². The van der Waals surface area contributed by atoms with Gasteiger partial charge in [-0.3, -0.25) is 0 Å². The van der Waals surface area contributed by atoms with E-state index < -0.39 is 0 Å². The molecule has 1 aromatic carbocycles. The van der Waals surface area contributed by atoms with Crippen LogP contribution in [0.3, 0.4) is 0 Å². The van der Waals surface area contributed by atoms with Gasteiger partial charge in [0.25, 0.3) is 0 Å². The Morgan fingerprint density at radius 1 is 1.55 bits per heavy atom. The molecule has 0 bridgehead atoms. The molecule has 2 aliphatic rings. The highest BCUT2D eigenvalue weighted by molar-refractivity contribution is 6.30. The molecule has 2 fully saturated rings. The number of carbonyl (C=O) groups is 1. The lowest BCUT2D eigenvalue weighted by Crippen LogP contribution is -2.51. The molecule has 0 aromatic heterocycles. The number of benzene rings is 1. The zero-order valence-electron chi connectivity index (χ0n) is 12.6. The first-order valence-corrected chi connectivity index (χ1v) is 7.96. The summed E-state index contributed by atoms with van der Waals surface area (Å²) < 4.78 is 10.7. The Morgan fingerprint density at radius 3 is 3.18 bits per heavy atom. The second-order valence-electron chi connectivity index (χ2n) is 5.85. The predicted octanol–water partition coefficient (Wildman–Crippen LogP) is 2.25. The molecule has 6 heteroatoms. The maximum absolute atomic E-state index is 12.3. The van der Waals surface area contributed by atoms with Crippen molar-refractivity contribution in [3.8, 4) is 0 Å². The number of methoxy groups -OCH3 is 1. The van der Waals surface area contributed by atoms with Crippen molar-refractivity contribution in [3.63, 3.8) is 0 Å². The van der Waals surface area contributed by atoms with Gasteiger partial charge in [-0.05, 0) is 24.1 Å². The molecule has 1 N–H and O–H groups in total. The number of rotatable bonds is 4. The van der Waals surface area contributed by atoms with Crippen LogP contribution in [0, 0.1) is 0 Å². The summed E-state index contributed by atoms with van der Waals surface area (Å²) in [6.45, 7) is 2.27. The number of halogens is 1. The third-order valence-corrected chi connectivity index (χ3v) is 4.39. The molecule has 1 aliphatic carbocycles. The zero-order chi connectivity index (χ0) is 15.5. The molecule has 3 atom stereocenters. The van der Waals surface area contributed by atoms with Crippen molar-refractivity contribution >= 4 is 17.6 Å². The summed E-state index contributed by atoms with van der Waals surface area (Å²) in [5.74, 6) is 0.374. The van der Waals surface area contributed by atoms with Crippen molar-refractivity contribution in [3.05, 3.63) is 34.9 Å². The van der Waals surface area contributed by atoms with E-state index in [4.69, 9.17) is 21.1 Å². The van der Waals surface area contributed by atoms with Crippen molar-refractivity contribution in [2.75, 3.05) is 33.4 Å². The zero-order valence-corrected chi connectivity index (χ0v) is 13.4. The van der Waals surface area contributed by atoms with Crippen molar-refractivity contribution in [1.29, 1.82) is 0 Å². The number of nitrogens with zero attached hydrogens (tertiary/aromatic N) is 1. The average molecular weight is 325 g/mol. The summed E-state index contributed by atoms with van der Waals surface area (Å²) in [5, 5.41) is 3.84. The fourth-order valence-corrected chi connectivity index (χ4v) is 3.10. The van der Waals surface area contributed by atoms with Crippen molar-refractivity contribution in [1.82, 2.24) is 10.2 Å². The number of hydrogen-bond donors (Lipinski definition) is 1. The molecule has 0 radical (unpaired) electrons. The van der Waals surface area contributed by atoms with E-state index in [9.17, 15) is 4.79 Å². The topological polar surface area (TPSA) is 50.8 Å². The Kier molecular flexibility index (Phi) is 4.86. The lowest BCUT2D eigenvalue weighted by Gasteiger charge is -2.32. The van der Waals surface area contributed by atoms with Gasteiger partial charge in [0, 0.05) is 30.6 Å². The van der Waals surface area contributed by atoms with Crippen LogP contribution < -0.4 is 5.32 Å². The summed E-state index contributed by atoms with van der Waals surface area (Å²) in [5.41, 5.74) is 1.19. The highest BCUT2D eigenvalue weighted by atomic mass is 35.5. The molecule has 5 nitrogen and oxygen atoms in total. The van der Waals surface area contributed by atoms with Crippen LogP contribution in [0.25, 0.3) is 0 Å². The van der Waals surface area contributed by atoms with E-state index >= 15 is 0 Å². The number of ether oxygens (including phenoxy) is 2. The van der Waals surface area contributed by atoms with Gasteiger partial charge in [-0.25, -0.2) is 4.79 Å². The third-order valence-electron chi connectivity index (χ3n) is 4.15. The normalized spacial score (nSPS) is 27.5. The van der Waals surface area contributed by atoms with E-state index in [0.29, 0.717) is 32.2 Å². The number of carbonyl (C=O) groups excluding carboxylic acids is 1. The van der Waals surface area contributed by atoms with Crippen LogP contribution in [-0.2, 0) is 9.47 Å². The second kappa shape index (κ2) is 6.86. The van der Waals surface area contributed by atoms with Crippen LogP contribution in [-0.4, -0.2) is 56.5 Å². The summed E-state index contributed by atoms with van der Waals surface area (Å²) in [6.07, 6.45) is 0.935. The van der Waals surface area contributed by atoms with E-state index in [2.05, 4.69) is 11.4 Å². The van der Waals surface area contributed by atoms with Crippen LogP contribution in [0.2, 0.25) is 5.02 Å². The summed E-state index contributed by atoms with van der Waals surface area (Å²) >= 11 is 6.02. The van der Waals surface area contributed by atoms with Gasteiger partial charge in [-0.1, -0.05) is 23.7 Å². The molecule has 1 saturated heterocycles. The Bertz CT molecular complexity index is 538. The van der Waals surface area contributed by atoms with Gasteiger partial charge < -0.3 is 19.7 Å². The third kappa shape index (κ3) is 3.72. The lowest BCUT2D eigenvalue weighted by atomic mass is 10.1. The lowest BCUT2D eigenvalue weighted by molar-refractivity contribution is -0.0494. The Labute approximate surface area is 135 Å². The highest BCUT2D eigenvalue weighted by Gasteiger charge is 2.40. The standard InChI is InChI=1S/C16H21ClN2O3/c1-21-10-13-9-19(5-6-22-13)16(20)18-15-8-14(15)11-3-2-4-12(17)7-11/h2-4,7,13-15H,5-6,8-10H2,1H3,(H,18,20)/t13-,14-,15-/m0/s1. The molecule has 1 heterocycles. The summed E-state index contributed by atoms with van der Waals surface area (Å²) in [6, 6.07) is 8.04. The number of urea groups is 1. The van der Waals surface area contributed by atoms with E-state index in [-0.39, 0.29) is 18.2 Å². The van der Waals surface area contributed by atoms with Crippen LogP contribution in [0.15, 0.2) is 24.3 Å². The Morgan fingerprint density at radius 2 is 2.41 bits per heavy atom. The molecule has 3 rings (SSSR count). The SMILES string of the molecule is COC[C@@H]1CN(C(=O)N[C@H]2C[C@H]2c2cccc(Cl)c2)CCO1. The van der Waals surface area contributed by atoms with Crippen molar-refractivity contribution in [2.45, 2.75) is 24.5 Å². The fraction of sp³-hybridized carbons (Fsp3) is 0.562. The first kappa shape index (κ1) is 15.6. The largest absolute Gasteiger partial charge is 0.382 e. The number of amides is 2. The quantitative estimate of drug-likeness (QED) is 0.924. The molecule has 0 unspecified atom stereocenters. The fourth-order valence-electron chi connectivity index (χ4n) is 2.90. The average Bonchev–Trinajstić information content (AvgIpc) is 3.27.